The standard InChI is InChI=1S/C9H16N4O3S/c1-17(15,16)13-4-2-3-11-9(14)8-5-7(10)6-12-8/h5-6,12-13H,2-4,10H2,1H3,(H,11,14). The summed E-state index contributed by atoms with van der Waals surface area (Å²) < 4.78 is 23.8. The maximum absolute atomic E-state index is 11.5. The Kier molecular flexibility index (Phi) is 4.53. The van der Waals surface area contributed by atoms with E-state index < -0.39 is 10.0 Å². The molecule has 0 atom stereocenters. The van der Waals surface area contributed by atoms with Crippen molar-refractivity contribution in [3.63, 3.8) is 0 Å². The summed E-state index contributed by atoms with van der Waals surface area (Å²) in [5, 5.41) is 2.64. The van der Waals surface area contributed by atoms with E-state index in [0.29, 0.717) is 30.9 Å². The summed E-state index contributed by atoms with van der Waals surface area (Å²) in [6.45, 7) is 0.687. The molecule has 0 aliphatic heterocycles. The smallest absolute Gasteiger partial charge is 0.267 e. The second-order valence-electron chi connectivity index (χ2n) is 3.62. The predicted octanol–water partition coefficient (Wildman–Crippen LogP) is -0.734. The Bertz CT molecular complexity index is 480. The largest absolute Gasteiger partial charge is 0.397 e. The van der Waals surface area contributed by atoms with Crippen LogP contribution in [-0.2, 0) is 10.0 Å². The molecule has 0 aromatic carbocycles. The van der Waals surface area contributed by atoms with E-state index in [0.717, 1.165) is 6.26 Å². The normalized spacial score (nSPS) is 11.4. The van der Waals surface area contributed by atoms with Gasteiger partial charge in [-0.1, -0.05) is 0 Å². The van der Waals surface area contributed by atoms with E-state index in [4.69, 9.17) is 5.73 Å². The van der Waals surface area contributed by atoms with Crippen molar-refractivity contribution in [3.05, 3.63) is 18.0 Å². The van der Waals surface area contributed by atoms with Crippen LogP contribution in [0.25, 0.3) is 0 Å². The Labute approximate surface area is 99.8 Å². The van der Waals surface area contributed by atoms with Crippen molar-refractivity contribution in [1.82, 2.24) is 15.0 Å². The summed E-state index contributed by atoms with van der Waals surface area (Å²) in [5.41, 5.74) is 6.33. The van der Waals surface area contributed by atoms with Crippen LogP contribution in [0, 0.1) is 0 Å². The van der Waals surface area contributed by atoms with Crippen molar-refractivity contribution in [2.24, 2.45) is 0 Å². The van der Waals surface area contributed by atoms with Crippen molar-refractivity contribution in [1.29, 1.82) is 0 Å². The summed E-state index contributed by atoms with van der Waals surface area (Å²) in [6, 6.07) is 1.53. The fourth-order valence-electron chi connectivity index (χ4n) is 1.19. The van der Waals surface area contributed by atoms with Gasteiger partial charge in [0.1, 0.15) is 5.69 Å². The third-order valence-corrected chi connectivity index (χ3v) is 2.68. The van der Waals surface area contributed by atoms with Crippen LogP contribution in [0.5, 0.6) is 0 Å². The van der Waals surface area contributed by atoms with Crippen LogP contribution >= 0.6 is 0 Å². The second kappa shape index (κ2) is 5.69. The average Bonchev–Trinajstić information content (AvgIpc) is 2.62. The maximum atomic E-state index is 11.5. The Morgan fingerprint density at radius 1 is 1.47 bits per heavy atom. The van der Waals surface area contributed by atoms with Crippen LogP contribution in [0.4, 0.5) is 5.69 Å². The highest BCUT2D eigenvalue weighted by molar-refractivity contribution is 7.88. The van der Waals surface area contributed by atoms with Gasteiger partial charge in [-0.2, -0.15) is 0 Å². The number of nitrogens with two attached hydrogens (primary N) is 1. The molecular formula is C9H16N4O3S. The first kappa shape index (κ1) is 13.5. The topological polar surface area (TPSA) is 117 Å². The third-order valence-electron chi connectivity index (χ3n) is 1.95. The van der Waals surface area contributed by atoms with Crippen molar-refractivity contribution in [3.8, 4) is 0 Å². The minimum Gasteiger partial charge on any atom is -0.397 e. The van der Waals surface area contributed by atoms with E-state index in [1.165, 1.54) is 12.3 Å². The van der Waals surface area contributed by atoms with Crippen molar-refractivity contribution < 1.29 is 13.2 Å². The summed E-state index contributed by atoms with van der Waals surface area (Å²) in [6.07, 6.45) is 3.14. The maximum Gasteiger partial charge on any atom is 0.267 e. The lowest BCUT2D eigenvalue weighted by Crippen LogP contribution is -2.29. The number of H-pyrrole nitrogens is 1. The molecule has 0 aliphatic carbocycles. The number of rotatable bonds is 6. The fraction of sp³-hybridized carbons (Fsp3) is 0.444. The molecule has 5 N–H and O–H groups in total. The number of carbonyl (C=O) groups is 1. The zero-order chi connectivity index (χ0) is 12.9. The Balaban J connectivity index is 2.21. The van der Waals surface area contributed by atoms with Crippen molar-refractivity contribution in [2.75, 3.05) is 25.1 Å². The molecule has 8 heteroatoms. The lowest BCUT2D eigenvalue weighted by molar-refractivity contribution is 0.0949. The molecule has 0 bridgehead atoms. The van der Waals surface area contributed by atoms with E-state index in [1.807, 2.05) is 0 Å². The Morgan fingerprint density at radius 3 is 2.71 bits per heavy atom. The lowest BCUT2D eigenvalue weighted by atomic mass is 10.3. The van der Waals surface area contributed by atoms with E-state index in [-0.39, 0.29) is 5.91 Å². The van der Waals surface area contributed by atoms with Gasteiger partial charge in [0, 0.05) is 25.0 Å². The van der Waals surface area contributed by atoms with Gasteiger partial charge in [0.15, 0.2) is 0 Å². The number of nitrogens with one attached hydrogen (secondary N) is 3. The van der Waals surface area contributed by atoms with Gasteiger partial charge in [-0.15, -0.1) is 0 Å². The first-order valence-electron chi connectivity index (χ1n) is 5.05. The second-order valence-corrected chi connectivity index (χ2v) is 5.46. The van der Waals surface area contributed by atoms with Gasteiger partial charge in [-0.3, -0.25) is 4.79 Å². The number of carbonyl (C=O) groups excluding carboxylic acids is 1. The van der Waals surface area contributed by atoms with Gasteiger partial charge >= 0.3 is 0 Å². The molecule has 1 rings (SSSR count). The first-order chi connectivity index (χ1) is 7.88. The molecule has 0 fully saturated rings. The SMILES string of the molecule is CS(=O)(=O)NCCCNC(=O)c1cc(N)c[nH]1. The van der Waals surface area contributed by atoms with Crippen LogP contribution in [-0.4, -0.2) is 38.7 Å². The Morgan fingerprint density at radius 2 is 2.18 bits per heavy atom. The van der Waals surface area contributed by atoms with Gasteiger partial charge in [0.2, 0.25) is 10.0 Å². The first-order valence-corrected chi connectivity index (χ1v) is 6.94. The molecule has 0 saturated heterocycles. The van der Waals surface area contributed by atoms with Crippen LogP contribution in [0.15, 0.2) is 12.3 Å². The number of hydrogen-bond acceptors (Lipinski definition) is 4. The molecule has 7 nitrogen and oxygen atoms in total. The van der Waals surface area contributed by atoms with E-state index in [2.05, 4.69) is 15.0 Å². The summed E-state index contributed by atoms with van der Waals surface area (Å²) in [7, 11) is -3.16. The molecule has 0 unspecified atom stereocenters. The molecule has 0 spiro atoms. The van der Waals surface area contributed by atoms with Crippen molar-refractivity contribution >= 4 is 21.6 Å². The quantitative estimate of drug-likeness (QED) is 0.504. The fourth-order valence-corrected chi connectivity index (χ4v) is 1.70. The number of hydrogen-bond donors (Lipinski definition) is 4. The van der Waals surface area contributed by atoms with Gasteiger partial charge in [-0.05, 0) is 12.5 Å². The zero-order valence-corrected chi connectivity index (χ0v) is 10.3. The lowest BCUT2D eigenvalue weighted by Gasteiger charge is -2.04. The summed E-state index contributed by atoms with van der Waals surface area (Å²) >= 11 is 0. The van der Waals surface area contributed by atoms with Crippen LogP contribution in [0.2, 0.25) is 0 Å². The van der Waals surface area contributed by atoms with Gasteiger partial charge in [0.05, 0.1) is 6.26 Å². The van der Waals surface area contributed by atoms with Crippen LogP contribution in [0.1, 0.15) is 16.9 Å². The number of anilines is 1. The zero-order valence-electron chi connectivity index (χ0n) is 9.49. The highest BCUT2D eigenvalue weighted by Gasteiger charge is 2.06. The molecule has 1 aromatic heterocycles. The highest BCUT2D eigenvalue weighted by atomic mass is 32.2. The minimum atomic E-state index is -3.16. The molecule has 1 aromatic rings. The number of aromatic amines is 1. The Hall–Kier alpha value is -1.54. The van der Waals surface area contributed by atoms with Crippen molar-refractivity contribution in [2.45, 2.75) is 6.42 Å². The van der Waals surface area contributed by atoms with Gasteiger partial charge in [-0.25, -0.2) is 13.1 Å². The minimum absolute atomic E-state index is 0.263. The van der Waals surface area contributed by atoms with Gasteiger partial charge < -0.3 is 16.0 Å². The van der Waals surface area contributed by atoms with E-state index in [1.54, 1.807) is 0 Å². The number of sulfonamides is 1. The molecule has 1 heterocycles. The monoisotopic (exact) mass is 260 g/mol. The van der Waals surface area contributed by atoms with E-state index >= 15 is 0 Å². The van der Waals surface area contributed by atoms with Crippen LogP contribution < -0.4 is 15.8 Å². The van der Waals surface area contributed by atoms with Crippen LogP contribution in [0.3, 0.4) is 0 Å². The molecule has 1 amide bonds. The molecule has 0 saturated carbocycles. The molecule has 0 radical (unpaired) electrons. The predicted molar refractivity (Wildman–Crippen MR) is 65.0 cm³/mol. The third kappa shape index (κ3) is 5.36. The molecule has 96 valence electrons. The molecule has 0 aliphatic rings. The average molecular weight is 260 g/mol. The number of nitrogen functional groups attached to an aromatic ring is 1. The number of aromatic nitrogens is 1. The van der Waals surface area contributed by atoms with Gasteiger partial charge in [0.25, 0.3) is 5.91 Å². The molecule has 17 heavy (non-hydrogen) atoms. The summed E-state index contributed by atoms with van der Waals surface area (Å²) in [4.78, 5) is 14.2. The molecular weight excluding hydrogens is 244 g/mol. The number of amides is 1. The summed E-state index contributed by atoms with van der Waals surface area (Å²) in [5.74, 6) is -0.263. The highest BCUT2D eigenvalue weighted by Crippen LogP contribution is 2.03. The van der Waals surface area contributed by atoms with E-state index in [9.17, 15) is 13.2 Å².